The van der Waals surface area contributed by atoms with E-state index in [0.717, 1.165) is 0 Å². The molecule has 0 aliphatic rings. The van der Waals surface area contributed by atoms with Crippen LogP contribution in [0.2, 0.25) is 0 Å². The number of rotatable bonds is 6. The molecule has 0 aliphatic carbocycles. The van der Waals surface area contributed by atoms with Crippen LogP contribution in [0, 0.1) is 11.8 Å². The smallest absolute Gasteiger partial charge is 0.0597 e. The second kappa shape index (κ2) is 7.02. The van der Waals surface area contributed by atoms with Gasteiger partial charge in [-0.15, -0.1) is 0 Å². The molecule has 0 radical (unpaired) electrons. The van der Waals surface area contributed by atoms with E-state index >= 15 is 0 Å². The third-order valence-electron chi connectivity index (χ3n) is 2.46. The van der Waals surface area contributed by atoms with Gasteiger partial charge in [-0.3, -0.25) is 0 Å². The van der Waals surface area contributed by atoms with Crippen LogP contribution in [0.4, 0.5) is 0 Å². The fourth-order valence-electron chi connectivity index (χ4n) is 1.02. The van der Waals surface area contributed by atoms with E-state index in [1.165, 1.54) is 0 Å². The summed E-state index contributed by atoms with van der Waals surface area (Å²) in [5.74, 6) is 0.601. The summed E-state index contributed by atoms with van der Waals surface area (Å²) in [6.45, 7) is 8.01. The molecule has 2 atom stereocenters. The fourth-order valence-corrected chi connectivity index (χ4v) is 1.02. The Balaban J connectivity index is 3.64. The zero-order chi connectivity index (χ0) is 11.1. The largest absolute Gasteiger partial charge is 0.393 e. The summed E-state index contributed by atoms with van der Waals surface area (Å²) >= 11 is 0. The zero-order valence-electron chi connectivity index (χ0n) is 9.77. The van der Waals surface area contributed by atoms with Gasteiger partial charge in [0.2, 0.25) is 0 Å². The van der Waals surface area contributed by atoms with Crippen LogP contribution in [0.3, 0.4) is 0 Å². The van der Waals surface area contributed by atoms with Crippen LogP contribution in [-0.2, 0) is 0 Å². The normalized spacial score (nSPS) is 16.9. The number of aliphatic hydroxyl groups is 2. The van der Waals surface area contributed by atoms with Crippen LogP contribution in [0.25, 0.3) is 0 Å². The van der Waals surface area contributed by atoms with E-state index in [0.29, 0.717) is 24.7 Å². The lowest BCUT2D eigenvalue weighted by atomic mass is 10.0. The Morgan fingerprint density at radius 2 is 1.07 bits per heavy atom. The van der Waals surface area contributed by atoms with E-state index in [2.05, 4.69) is 0 Å². The Kier molecular flexibility index (Phi) is 6.85. The SMILES string of the molecule is CC(C)C(O)C/C=C\CC(O)C(C)C. The first kappa shape index (κ1) is 13.7. The number of hydrogen-bond acceptors (Lipinski definition) is 2. The van der Waals surface area contributed by atoms with Crippen LogP contribution >= 0.6 is 0 Å². The molecule has 2 unspecified atom stereocenters. The summed E-state index contributed by atoms with van der Waals surface area (Å²) in [5.41, 5.74) is 0. The van der Waals surface area contributed by atoms with Crippen molar-refractivity contribution < 1.29 is 10.2 Å². The molecular formula is C12H24O2. The molecule has 0 heterocycles. The van der Waals surface area contributed by atoms with Crippen molar-refractivity contribution in [2.75, 3.05) is 0 Å². The summed E-state index contributed by atoms with van der Waals surface area (Å²) in [6, 6.07) is 0. The molecule has 0 saturated carbocycles. The van der Waals surface area contributed by atoms with Crippen LogP contribution in [-0.4, -0.2) is 22.4 Å². The first-order chi connectivity index (χ1) is 6.45. The van der Waals surface area contributed by atoms with Crippen molar-refractivity contribution in [2.24, 2.45) is 11.8 Å². The second-order valence-electron chi connectivity index (χ2n) is 4.57. The average molecular weight is 200 g/mol. The molecule has 2 nitrogen and oxygen atoms in total. The summed E-state index contributed by atoms with van der Waals surface area (Å²) in [6.07, 6.45) is 4.75. The Morgan fingerprint density at radius 3 is 1.29 bits per heavy atom. The highest BCUT2D eigenvalue weighted by molar-refractivity contribution is 4.87. The van der Waals surface area contributed by atoms with Crippen LogP contribution in [0.1, 0.15) is 40.5 Å². The predicted molar refractivity (Wildman–Crippen MR) is 60.1 cm³/mol. The molecule has 0 aromatic heterocycles. The minimum absolute atomic E-state index is 0.262. The Morgan fingerprint density at radius 1 is 0.786 bits per heavy atom. The van der Waals surface area contributed by atoms with E-state index < -0.39 is 0 Å². The molecule has 0 rings (SSSR count). The van der Waals surface area contributed by atoms with Crippen molar-refractivity contribution in [3.63, 3.8) is 0 Å². The van der Waals surface area contributed by atoms with E-state index in [1.54, 1.807) is 0 Å². The van der Waals surface area contributed by atoms with Crippen molar-refractivity contribution >= 4 is 0 Å². The van der Waals surface area contributed by atoms with Crippen molar-refractivity contribution in [1.82, 2.24) is 0 Å². The van der Waals surface area contributed by atoms with Crippen LogP contribution in [0.5, 0.6) is 0 Å². The molecule has 0 amide bonds. The molecular weight excluding hydrogens is 176 g/mol. The van der Waals surface area contributed by atoms with E-state index in [1.807, 2.05) is 39.8 Å². The maximum atomic E-state index is 9.49. The fraction of sp³-hybridized carbons (Fsp3) is 0.833. The third-order valence-corrected chi connectivity index (χ3v) is 2.46. The molecule has 2 heteroatoms. The molecule has 0 aliphatic heterocycles. The van der Waals surface area contributed by atoms with Crippen molar-refractivity contribution in [2.45, 2.75) is 52.7 Å². The lowest BCUT2D eigenvalue weighted by Crippen LogP contribution is -2.14. The summed E-state index contributed by atoms with van der Waals surface area (Å²) in [7, 11) is 0. The van der Waals surface area contributed by atoms with Crippen molar-refractivity contribution in [3.05, 3.63) is 12.2 Å². The van der Waals surface area contributed by atoms with Crippen molar-refractivity contribution in [3.8, 4) is 0 Å². The maximum Gasteiger partial charge on any atom is 0.0597 e. The van der Waals surface area contributed by atoms with Crippen molar-refractivity contribution in [1.29, 1.82) is 0 Å². The van der Waals surface area contributed by atoms with E-state index in [9.17, 15) is 10.2 Å². The van der Waals surface area contributed by atoms with Crippen LogP contribution in [0.15, 0.2) is 12.2 Å². The zero-order valence-corrected chi connectivity index (χ0v) is 9.77. The van der Waals surface area contributed by atoms with E-state index in [-0.39, 0.29) is 12.2 Å². The van der Waals surface area contributed by atoms with Gasteiger partial charge < -0.3 is 10.2 Å². The molecule has 0 fully saturated rings. The first-order valence-electron chi connectivity index (χ1n) is 5.46. The van der Waals surface area contributed by atoms with Gasteiger partial charge in [-0.25, -0.2) is 0 Å². The molecule has 0 aromatic carbocycles. The quantitative estimate of drug-likeness (QED) is 0.646. The van der Waals surface area contributed by atoms with Gasteiger partial charge in [-0.05, 0) is 24.7 Å². The second-order valence-corrected chi connectivity index (χ2v) is 4.57. The highest BCUT2D eigenvalue weighted by Gasteiger charge is 2.07. The van der Waals surface area contributed by atoms with Gasteiger partial charge in [0, 0.05) is 0 Å². The third kappa shape index (κ3) is 6.17. The molecule has 0 spiro atoms. The number of aliphatic hydroxyl groups excluding tert-OH is 2. The minimum Gasteiger partial charge on any atom is -0.393 e. The van der Waals surface area contributed by atoms with E-state index in [4.69, 9.17) is 0 Å². The topological polar surface area (TPSA) is 40.5 Å². The molecule has 2 N–H and O–H groups in total. The monoisotopic (exact) mass is 200 g/mol. The highest BCUT2D eigenvalue weighted by Crippen LogP contribution is 2.09. The Labute approximate surface area is 87.7 Å². The van der Waals surface area contributed by atoms with Gasteiger partial charge in [0.1, 0.15) is 0 Å². The van der Waals surface area contributed by atoms with Gasteiger partial charge in [-0.1, -0.05) is 39.8 Å². The Bertz CT molecular complexity index is 144. The molecule has 0 saturated heterocycles. The molecule has 0 aromatic rings. The van der Waals surface area contributed by atoms with Gasteiger partial charge in [0.15, 0.2) is 0 Å². The molecule has 14 heavy (non-hydrogen) atoms. The first-order valence-corrected chi connectivity index (χ1v) is 5.46. The van der Waals surface area contributed by atoms with Gasteiger partial charge in [0.25, 0.3) is 0 Å². The number of hydrogen-bond donors (Lipinski definition) is 2. The summed E-state index contributed by atoms with van der Waals surface area (Å²) in [5, 5.41) is 19.0. The lowest BCUT2D eigenvalue weighted by molar-refractivity contribution is 0.124. The van der Waals surface area contributed by atoms with Gasteiger partial charge in [0.05, 0.1) is 12.2 Å². The summed E-state index contributed by atoms with van der Waals surface area (Å²) in [4.78, 5) is 0. The molecule has 84 valence electrons. The Hall–Kier alpha value is -0.340. The summed E-state index contributed by atoms with van der Waals surface area (Å²) < 4.78 is 0. The standard InChI is InChI=1S/C12H24O2/c1-9(2)11(13)7-5-6-8-12(14)10(3)4/h5-6,9-14H,7-8H2,1-4H3/b6-5-. The molecule has 0 bridgehead atoms. The van der Waals surface area contributed by atoms with Gasteiger partial charge in [-0.2, -0.15) is 0 Å². The van der Waals surface area contributed by atoms with Crippen LogP contribution < -0.4 is 0 Å². The predicted octanol–water partition coefficient (Wildman–Crippen LogP) is 2.36. The average Bonchev–Trinajstić information content (AvgIpc) is 2.11. The maximum absolute atomic E-state index is 9.49. The lowest BCUT2D eigenvalue weighted by Gasteiger charge is -2.13. The highest BCUT2D eigenvalue weighted by atomic mass is 16.3. The van der Waals surface area contributed by atoms with Gasteiger partial charge >= 0.3 is 0 Å². The minimum atomic E-state index is -0.262.